The molecule has 43 rings (SSSR count). The Morgan fingerprint density at radius 3 is 0.261 bits per heavy atom. The van der Waals surface area contributed by atoms with Gasteiger partial charge >= 0.3 is 0 Å². The summed E-state index contributed by atoms with van der Waals surface area (Å²) >= 11 is 0. The maximum Gasteiger partial charge on any atom is -0.00000152 e. The summed E-state index contributed by atoms with van der Waals surface area (Å²) in [6.07, 6.45) is 0. The number of benzene rings is 9. The van der Waals surface area contributed by atoms with E-state index in [0.717, 1.165) is 0 Å². The van der Waals surface area contributed by atoms with Crippen LogP contribution >= 0.6 is 0 Å². The van der Waals surface area contributed by atoms with Crippen molar-refractivity contribution in [3.05, 3.63) is 328 Å². The lowest BCUT2D eigenvalue weighted by atomic mass is 9.69. The van der Waals surface area contributed by atoms with Crippen LogP contribution in [0.5, 0.6) is 0 Å². The lowest BCUT2D eigenvalue weighted by Gasteiger charge is -2.33. The van der Waals surface area contributed by atoms with Crippen molar-refractivity contribution >= 4 is 431 Å². The van der Waals surface area contributed by atoms with Gasteiger partial charge in [0.15, 0.2) is 0 Å². The number of fused-ring (bicyclic) bond motifs is 18. The topological polar surface area (TPSA) is 0 Å². The molecule has 0 saturated heterocycles. The van der Waals surface area contributed by atoms with Gasteiger partial charge in [0, 0.05) is 0 Å². The fourth-order valence-corrected chi connectivity index (χ4v) is 31.5. The van der Waals surface area contributed by atoms with Crippen molar-refractivity contribution in [3.8, 4) is 0 Å². The zero-order chi connectivity index (χ0) is 84.4. The zero-order valence-electron chi connectivity index (χ0n) is 71.2. The SMILES string of the molecule is c1cc2c3cc4c5cccc6c7ccc8c9cccc%10c%11cc%12c%13cccc%14c%15ccc%16c(c1)c2c3c(c4c56)c1c2c%16c%15c2c(c(c%12c%13%14)c%11c%109)c2c8c7c21.c1ccc2c3ccc4c5ccccc6c7ccccc8c9ccc%10c%11ccccc%12c(c1)c1c%12c%11c%10c%10c(c3c21)c1c4c5c6c7c8c9c1%10.c1ccc2c3ccccc4c5ccccc6c7ccccc8c(c1)c1c8c7c6c5c4c3c21. The van der Waals surface area contributed by atoms with Gasteiger partial charge < -0.3 is 0 Å². The normalized spacial score (nSPS) is 14.0. The van der Waals surface area contributed by atoms with Crippen molar-refractivity contribution in [1.82, 2.24) is 0 Å². The van der Waals surface area contributed by atoms with E-state index in [2.05, 4.69) is 328 Å². The summed E-state index contributed by atoms with van der Waals surface area (Å²) in [4.78, 5) is 0. The van der Waals surface area contributed by atoms with Crippen LogP contribution in [-0.4, -0.2) is 0 Å². The Morgan fingerprint density at radius 2 is 0.127 bits per heavy atom. The van der Waals surface area contributed by atoms with E-state index in [-0.39, 0.29) is 0 Å². The van der Waals surface area contributed by atoms with Crippen LogP contribution < -0.4 is 0 Å². The monoisotopic (exact) mass is 1660 g/mol. The van der Waals surface area contributed by atoms with E-state index in [1.807, 2.05) is 0 Å². The first-order valence-electron chi connectivity index (χ1n) is 47.9. The standard InChI is InChI=1S/C54H18.C48H20.C32H16/c1-5-19-27-13-14-28-20-6-3-11-25-33-18-34-26-12-4-8-22-30-16-15-29-21-7-2-10-24-32-17-31-23(9-1)35(19)43(31)47(44(32)36(21)24)53-49-39(27)40(28)50(49)54(52-42(30)41(29)51(52)53)48(45(33)37(20)25)46(34)38(22)26;1-5-13-25-29-17-18-30-27-15-7-3-11-23-24-12-4-8-16-28-32-20-19-31-26-14-6-2-10-22-21(9-1)33-34(22)38(26)42(31)46-45(41(29)37(25)33)47-43(30)39(27)35(23)36(24)40(28)44(32)48(46)47;1-2-10-18-20-12-5-6-14-23-24-16-8-7-15-22-21-13-4-3-11-19-17(9-1)25-26(18)28(20)30(23)32(24)31(22)29(21)27(19)25/h1-18H;1-20H;1-16H. The first-order valence-corrected chi connectivity index (χ1v) is 47.9. The van der Waals surface area contributed by atoms with Crippen molar-refractivity contribution in [2.45, 2.75) is 0 Å². The van der Waals surface area contributed by atoms with Crippen LogP contribution in [-0.2, 0) is 0 Å². The van der Waals surface area contributed by atoms with E-state index in [9.17, 15) is 0 Å². The predicted molar refractivity (Wildman–Crippen MR) is 586 cm³/mol. The lowest BCUT2D eigenvalue weighted by molar-refractivity contribution is 1.79. The van der Waals surface area contributed by atoms with Gasteiger partial charge in [-0.2, -0.15) is 0 Å². The van der Waals surface area contributed by atoms with Crippen molar-refractivity contribution in [2.24, 2.45) is 0 Å². The third kappa shape index (κ3) is 5.95. The van der Waals surface area contributed by atoms with Gasteiger partial charge in [-0.15, -0.1) is 0 Å². The van der Waals surface area contributed by atoms with Crippen LogP contribution in [0.3, 0.4) is 0 Å². The molecule has 0 bridgehead atoms. The summed E-state index contributed by atoms with van der Waals surface area (Å²) in [5.41, 5.74) is 0. The maximum absolute atomic E-state index is 2.54. The second-order valence-corrected chi connectivity index (χ2v) is 40.9. The summed E-state index contributed by atoms with van der Waals surface area (Å²) in [6, 6.07) is 126. The summed E-state index contributed by atoms with van der Waals surface area (Å²) in [5.74, 6) is 0. The Kier molecular flexibility index (Phi) is 9.40. The molecule has 43 aromatic rings. The molecule has 0 radical (unpaired) electrons. The smallest absolute Gasteiger partial charge is 0.00000152 e. The molecule has 0 nitrogen and oxygen atoms in total. The average Bonchev–Trinajstić information content (AvgIpc) is 0.613. The molecular weight excluding hydrogens is 1610 g/mol. The third-order valence-electron chi connectivity index (χ3n) is 36.4. The largest absolute Gasteiger partial charge is 0.0616 e. The molecule has 134 heavy (non-hydrogen) atoms. The molecule has 0 aromatic heterocycles. The minimum atomic E-state index is 1.38. The van der Waals surface area contributed by atoms with Gasteiger partial charge in [0.1, 0.15) is 0 Å². The fraction of sp³-hybridized carbons (Fsp3) is 0. The van der Waals surface area contributed by atoms with Gasteiger partial charge in [0.2, 0.25) is 0 Å². The first-order chi connectivity index (χ1) is 66.7. The highest BCUT2D eigenvalue weighted by molar-refractivity contribution is 6.71. The molecule has 0 unspecified atom stereocenters. The predicted octanol–water partition coefficient (Wildman–Crippen LogP) is 38.8. The molecule has 0 heterocycles. The fourth-order valence-electron chi connectivity index (χ4n) is 31.5. The summed E-state index contributed by atoms with van der Waals surface area (Å²) in [6.45, 7) is 0. The second kappa shape index (κ2) is 19.8. The van der Waals surface area contributed by atoms with Gasteiger partial charge in [0.25, 0.3) is 0 Å². The van der Waals surface area contributed by atoms with Crippen LogP contribution in [0, 0.1) is 0 Å². The number of rotatable bonds is 0. The van der Waals surface area contributed by atoms with E-state index in [4.69, 9.17) is 0 Å². The molecule has 0 amide bonds. The Hall–Kier alpha value is -17.4. The van der Waals surface area contributed by atoms with Gasteiger partial charge in [-0.1, -0.05) is 315 Å². The molecule has 0 N–H and O–H groups in total. The molecule has 0 spiro atoms. The molecule has 0 fully saturated rings. The molecule has 0 aliphatic rings. The Morgan fingerprint density at radius 1 is 0.0522 bits per heavy atom. The number of hydrogen-bond acceptors (Lipinski definition) is 0. The quantitative estimate of drug-likeness (QED) is 0.142. The summed E-state index contributed by atoms with van der Waals surface area (Å²) in [5, 5.41) is 115. The Balaban J connectivity index is 0.0000000834. The Labute approximate surface area is 752 Å². The zero-order valence-corrected chi connectivity index (χ0v) is 71.2. The van der Waals surface area contributed by atoms with Crippen LogP contribution in [0.2, 0.25) is 0 Å². The molecule has 0 aliphatic carbocycles. The highest BCUT2D eigenvalue weighted by Gasteiger charge is 2.40. The highest BCUT2D eigenvalue weighted by Crippen LogP contribution is 2.70. The van der Waals surface area contributed by atoms with Gasteiger partial charge in [0.05, 0.1) is 0 Å². The van der Waals surface area contributed by atoms with E-state index in [1.165, 1.54) is 431 Å². The summed E-state index contributed by atoms with van der Waals surface area (Å²) in [7, 11) is 0. The second-order valence-electron chi connectivity index (χ2n) is 40.9. The summed E-state index contributed by atoms with van der Waals surface area (Å²) < 4.78 is 0. The molecule has 0 heteroatoms. The van der Waals surface area contributed by atoms with Crippen LogP contribution in [0.25, 0.3) is 431 Å². The van der Waals surface area contributed by atoms with E-state index in [0.29, 0.717) is 0 Å². The molecule has 590 valence electrons. The van der Waals surface area contributed by atoms with E-state index in [1.54, 1.807) is 0 Å². The number of hydrogen-bond donors (Lipinski definition) is 0. The van der Waals surface area contributed by atoms with Crippen LogP contribution in [0.15, 0.2) is 328 Å². The molecule has 0 saturated carbocycles. The van der Waals surface area contributed by atoms with Crippen molar-refractivity contribution < 1.29 is 0 Å². The molecule has 43 aromatic carbocycles. The molecule has 0 aliphatic heterocycles. The first kappa shape index (κ1) is 63.5. The highest BCUT2D eigenvalue weighted by atomic mass is 14.4. The van der Waals surface area contributed by atoms with Gasteiger partial charge in [-0.05, 0) is 443 Å². The van der Waals surface area contributed by atoms with Gasteiger partial charge in [-0.3, -0.25) is 0 Å². The molecular formula is C134H54. The molecule has 0 atom stereocenters. The minimum absolute atomic E-state index is 1.38. The van der Waals surface area contributed by atoms with E-state index >= 15 is 0 Å². The third-order valence-corrected chi connectivity index (χ3v) is 36.4. The maximum atomic E-state index is 2.54. The Bertz CT molecular complexity index is 11500. The van der Waals surface area contributed by atoms with E-state index < -0.39 is 0 Å². The van der Waals surface area contributed by atoms with Crippen LogP contribution in [0.4, 0.5) is 0 Å². The lowest BCUT2D eigenvalue weighted by Crippen LogP contribution is -2.04. The minimum Gasteiger partial charge on any atom is -0.0616 e. The van der Waals surface area contributed by atoms with Gasteiger partial charge in [-0.25, -0.2) is 0 Å². The van der Waals surface area contributed by atoms with Crippen molar-refractivity contribution in [3.63, 3.8) is 0 Å². The average molecular weight is 1660 g/mol. The van der Waals surface area contributed by atoms with Crippen molar-refractivity contribution in [2.75, 3.05) is 0 Å². The van der Waals surface area contributed by atoms with Crippen LogP contribution in [0.1, 0.15) is 0 Å². The van der Waals surface area contributed by atoms with Crippen molar-refractivity contribution in [1.29, 1.82) is 0 Å².